The highest BCUT2D eigenvalue weighted by molar-refractivity contribution is 7.99. The van der Waals surface area contributed by atoms with Crippen molar-refractivity contribution < 1.29 is 0 Å². The molecule has 2 aromatic carbocycles. The second-order valence-corrected chi connectivity index (χ2v) is 6.62. The van der Waals surface area contributed by atoms with Crippen LogP contribution in [0.1, 0.15) is 12.0 Å². The van der Waals surface area contributed by atoms with Crippen molar-refractivity contribution >= 4 is 22.7 Å². The van der Waals surface area contributed by atoms with Gasteiger partial charge in [-0.1, -0.05) is 48.2 Å². The molecule has 2 nitrogen and oxygen atoms in total. The number of hydrogen-bond acceptors (Lipinski definition) is 2. The molecule has 0 fully saturated rings. The molecule has 0 radical (unpaired) electrons. The molecular weight excluding hydrogens is 288 g/mol. The number of nitrogens with zero attached hydrogens (tertiary/aromatic N) is 1. The Morgan fingerprint density at radius 2 is 1.77 bits per heavy atom. The summed E-state index contributed by atoms with van der Waals surface area (Å²) in [7, 11) is 4.13. The van der Waals surface area contributed by atoms with Crippen LogP contribution in [0.2, 0.25) is 0 Å². The van der Waals surface area contributed by atoms with Crippen LogP contribution in [0.25, 0.3) is 10.9 Å². The zero-order valence-corrected chi connectivity index (χ0v) is 14.0. The predicted octanol–water partition coefficient (Wildman–Crippen LogP) is 4.48. The molecule has 22 heavy (non-hydrogen) atoms. The van der Waals surface area contributed by atoms with Crippen molar-refractivity contribution in [1.29, 1.82) is 0 Å². The lowest BCUT2D eigenvalue weighted by Crippen LogP contribution is -2.08. The SMILES string of the molecule is CNCCCc1ccccc1Sc1cn(C)c2ccccc12. The van der Waals surface area contributed by atoms with Crippen molar-refractivity contribution in [3.05, 3.63) is 60.3 Å². The van der Waals surface area contributed by atoms with Gasteiger partial charge in [-0.2, -0.15) is 0 Å². The first-order valence-electron chi connectivity index (χ1n) is 7.74. The van der Waals surface area contributed by atoms with Gasteiger partial charge < -0.3 is 9.88 Å². The van der Waals surface area contributed by atoms with Gasteiger partial charge in [0.1, 0.15) is 0 Å². The van der Waals surface area contributed by atoms with Crippen LogP contribution >= 0.6 is 11.8 Å². The molecule has 0 amide bonds. The molecule has 3 aromatic rings. The van der Waals surface area contributed by atoms with E-state index >= 15 is 0 Å². The summed E-state index contributed by atoms with van der Waals surface area (Å²) in [6, 6.07) is 17.4. The Morgan fingerprint density at radius 3 is 2.64 bits per heavy atom. The third kappa shape index (κ3) is 3.21. The third-order valence-corrected chi connectivity index (χ3v) is 5.09. The van der Waals surface area contributed by atoms with E-state index in [1.165, 1.54) is 32.7 Å². The van der Waals surface area contributed by atoms with Crippen LogP contribution in [0.4, 0.5) is 0 Å². The maximum absolute atomic E-state index is 3.22. The quantitative estimate of drug-likeness (QED) is 0.676. The van der Waals surface area contributed by atoms with E-state index in [9.17, 15) is 0 Å². The van der Waals surface area contributed by atoms with E-state index in [4.69, 9.17) is 0 Å². The maximum atomic E-state index is 3.22. The van der Waals surface area contributed by atoms with Crippen LogP contribution in [0.3, 0.4) is 0 Å². The largest absolute Gasteiger partial charge is 0.349 e. The normalized spacial score (nSPS) is 11.2. The van der Waals surface area contributed by atoms with Gasteiger partial charge in [0.25, 0.3) is 0 Å². The van der Waals surface area contributed by atoms with Crippen molar-refractivity contribution in [2.45, 2.75) is 22.6 Å². The summed E-state index contributed by atoms with van der Waals surface area (Å²) >= 11 is 1.88. The lowest BCUT2D eigenvalue weighted by Gasteiger charge is -2.08. The fraction of sp³-hybridized carbons (Fsp3) is 0.263. The first-order chi connectivity index (χ1) is 10.8. The van der Waals surface area contributed by atoms with Gasteiger partial charge in [0, 0.05) is 33.9 Å². The van der Waals surface area contributed by atoms with Gasteiger partial charge in [-0.25, -0.2) is 0 Å². The first-order valence-corrected chi connectivity index (χ1v) is 8.55. The summed E-state index contributed by atoms with van der Waals surface area (Å²) in [5.41, 5.74) is 2.73. The van der Waals surface area contributed by atoms with E-state index in [-0.39, 0.29) is 0 Å². The number of rotatable bonds is 6. The van der Waals surface area contributed by atoms with Crippen LogP contribution in [-0.4, -0.2) is 18.2 Å². The fourth-order valence-corrected chi connectivity index (χ4v) is 3.95. The molecule has 1 heterocycles. The summed E-state index contributed by atoms with van der Waals surface area (Å²) in [6.45, 7) is 1.06. The average molecular weight is 310 g/mol. The van der Waals surface area contributed by atoms with Crippen molar-refractivity contribution in [2.24, 2.45) is 7.05 Å². The lowest BCUT2D eigenvalue weighted by molar-refractivity contribution is 0.720. The molecule has 0 aliphatic carbocycles. The molecule has 0 aliphatic rings. The average Bonchev–Trinajstić information content (AvgIpc) is 2.86. The Morgan fingerprint density at radius 1 is 1.00 bits per heavy atom. The van der Waals surface area contributed by atoms with Gasteiger partial charge in [0.2, 0.25) is 0 Å². The number of hydrogen-bond donors (Lipinski definition) is 1. The predicted molar refractivity (Wildman–Crippen MR) is 95.7 cm³/mol. The lowest BCUT2D eigenvalue weighted by atomic mass is 10.1. The van der Waals surface area contributed by atoms with Crippen LogP contribution in [0.5, 0.6) is 0 Å². The fourth-order valence-electron chi connectivity index (χ4n) is 2.77. The van der Waals surface area contributed by atoms with Gasteiger partial charge in [0.15, 0.2) is 0 Å². The van der Waals surface area contributed by atoms with E-state index < -0.39 is 0 Å². The van der Waals surface area contributed by atoms with Crippen molar-refractivity contribution in [3.63, 3.8) is 0 Å². The minimum Gasteiger partial charge on any atom is -0.349 e. The van der Waals surface area contributed by atoms with E-state index in [0.717, 1.165) is 13.0 Å². The van der Waals surface area contributed by atoms with E-state index in [1.807, 2.05) is 18.8 Å². The Kier molecular flexibility index (Phi) is 4.86. The molecule has 3 rings (SSSR count). The summed E-state index contributed by atoms with van der Waals surface area (Å²) in [5.74, 6) is 0. The van der Waals surface area contributed by atoms with Gasteiger partial charge in [0.05, 0.1) is 0 Å². The minimum absolute atomic E-state index is 1.06. The molecular formula is C19H22N2S. The second kappa shape index (κ2) is 7.03. The van der Waals surface area contributed by atoms with Crippen molar-refractivity contribution in [2.75, 3.05) is 13.6 Å². The number of para-hydroxylation sites is 1. The molecule has 0 unspecified atom stereocenters. The summed E-state index contributed by atoms with van der Waals surface area (Å²) < 4.78 is 2.21. The molecule has 0 bridgehead atoms. The number of nitrogens with one attached hydrogen (secondary N) is 1. The van der Waals surface area contributed by atoms with Gasteiger partial charge in [-0.05, 0) is 44.1 Å². The van der Waals surface area contributed by atoms with E-state index in [2.05, 4.69) is 71.7 Å². The summed E-state index contributed by atoms with van der Waals surface area (Å²) in [6.07, 6.45) is 4.53. The Balaban J connectivity index is 1.89. The van der Waals surface area contributed by atoms with Crippen molar-refractivity contribution in [1.82, 2.24) is 9.88 Å². The third-order valence-electron chi connectivity index (χ3n) is 3.93. The molecule has 0 aliphatic heterocycles. The Bertz CT molecular complexity index is 761. The van der Waals surface area contributed by atoms with Crippen LogP contribution in [0.15, 0.2) is 64.5 Å². The van der Waals surface area contributed by atoms with Gasteiger partial charge in [-0.3, -0.25) is 0 Å². The molecule has 3 heteroatoms. The van der Waals surface area contributed by atoms with E-state index in [1.54, 1.807) is 0 Å². The Hall–Kier alpha value is -1.71. The Labute approximate surface area is 136 Å². The molecule has 0 spiro atoms. The van der Waals surface area contributed by atoms with Crippen LogP contribution < -0.4 is 5.32 Å². The summed E-state index contributed by atoms with van der Waals surface area (Å²) in [5, 5.41) is 4.56. The number of fused-ring (bicyclic) bond motifs is 1. The molecule has 0 saturated carbocycles. The zero-order valence-electron chi connectivity index (χ0n) is 13.2. The topological polar surface area (TPSA) is 17.0 Å². The molecule has 0 atom stereocenters. The van der Waals surface area contributed by atoms with Crippen LogP contribution in [-0.2, 0) is 13.5 Å². The zero-order chi connectivity index (χ0) is 15.4. The second-order valence-electron chi connectivity index (χ2n) is 5.54. The molecule has 1 N–H and O–H groups in total. The highest BCUT2D eigenvalue weighted by atomic mass is 32.2. The molecule has 114 valence electrons. The minimum atomic E-state index is 1.06. The monoisotopic (exact) mass is 310 g/mol. The maximum Gasteiger partial charge on any atom is 0.0489 e. The van der Waals surface area contributed by atoms with Gasteiger partial charge in [-0.15, -0.1) is 0 Å². The highest BCUT2D eigenvalue weighted by Gasteiger charge is 2.09. The number of aryl methyl sites for hydroxylation is 2. The van der Waals surface area contributed by atoms with Gasteiger partial charge >= 0.3 is 0 Å². The highest BCUT2D eigenvalue weighted by Crippen LogP contribution is 2.36. The molecule has 1 aromatic heterocycles. The van der Waals surface area contributed by atoms with E-state index in [0.29, 0.717) is 0 Å². The number of benzene rings is 2. The number of aromatic nitrogens is 1. The van der Waals surface area contributed by atoms with Crippen LogP contribution in [0, 0.1) is 0 Å². The molecule has 0 saturated heterocycles. The van der Waals surface area contributed by atoms with Crippen molar-refractivity contribution in [3.8, 4) is 0 Å². The summed E-state index contributed by atoms with van der Waals surface area (Å²) in [4.78, 5) is 2.70. The standard InChI is InChI=1S/C19H22N2S/c1-20-13-7-9-15-8-3-6-12-18(15)22-19-14-21(2)17-11-5-4-10-16(17)19/h3-6,8,10-12,14,20H,7,9,13H2,1-2H3. The smallest absolute Gasteiger partial charge is 0.0489 e. The first kappa shape index (κ1) is 15.2.